The molecule has 0 radical (unpaired) electrons. The topological polar surface area (TPSA) is 32.3 Å². The van der Waals surface area contributed by atoms with Crippen LogP contribution in [0.3, 0.4) is 0 Å². The average Bonchev–Trinajstić information content (AvgIpc) is 2.22. The van der Waals surface area contributed by atoms with Gasteiger partial charge in [-0.1, -0.05) is 13.0 Å². The van der Waals surface area contributed by atoms with E-state index in [9.17, 15) is 4.79 Å². The molecule has 1 heterocycles. The molecule has 0 spiro atoms. The SMILES string of the molecule is CC=CC(=O)NC1CCN(CCC)CC1. The summed E-state index contributed by atoms with van der Waals surface area (Å²) in [5, 5.41) is 3.03. The number of hydrogen-bond donors (Lipinski definition) is 1. The van der Waals surface area contributed by atoms with Gasteiger partial charge in [0.1, 0.15) is 0 Å². The highest BCUT2D eigenvalue weighted by atomic mass is 16.1. The molecule has 0 bridgehead atoms. The number of piperidine rings is 1. The first kappa shape index (κ1) is 12.2. The number of nitrogens with zero attached hydrogens (tertiary/aromatic N) is 1. The van der Waals surface area contributed by atoms with Crippen LogP contribution in [-0.2, 0) is 4.79 Å². The van der Waals surface area contributed by atoms with Crippen molar-refractivity contribution < 1.29 is 4.79 Å². The fourth-order valence-electron chi connectivity index (χ4n) is 2.02. The molecule has 1 saturated heterocycles. The van der Waals surface area contributed by atoms with Crippen LogP contribution in [0.2, 0.25) is 0 Å². The largest absolute Gasteiger partial charge is 0.350 e. The van der Waals surface area contributed by atoms with Gasteiger partial charge in [-0.3, -0.25) is 4.79 Å². The summed E-state index contributed by atoms with van der Waals surface area (Å²) in [6.45, 7) is 7.50. The lowest BCUT2D eigenvalue weighted by Gasteiger charge is -2.31. The van der Waals surface area contributed by atoms with Crippen LogP contribution in [0.25, 0.3) is 0 Å². The van der Waals surface area contributed by atoms with Crippen molar-refractivity contribution in [3.63, 3.8) is 0 Å². The maximum Gasteiger partial charge on any atom is 0.243 e. The first-order chi connectivity index (χ1) is 7.26. The van der Waals surface area contributed by atoms with E-state index < -0.39 is 0 Å². The fraction of sp³-hybridized carbons (Fsp3) is 0.750. The third kappa shape index (κ3) is 4.47. The lowest BCUT2D eigenvalue weighted by Crippen LogP contribution is -2.44. The number of amides is 1. The molecule has 1 rings (SSSR count). The number of carbonyl (C=O) groups excluding carboxylic acids is 1. The van der Waals surface area contributed by atoms with Gasteiger partial charge in [0.25, 0.3) is 0 Å². The van der Waals surface area contributed by atoms with E-state index in [1.807, 2.05) is 6.92 Å². The van der Waals surface area contributed by atoms with Gasteiger partial charge >= 0.3 is 0 Å². The van der Waals surface area contributed by atoms with Gasteiger partial charge in [0, 0.05) is 19.1 Å². The minimum Gasteiger partial charge on any atom is -0.350 e. The standard InChI is InChI=1S/C12H22N2O/c1-3-5-12(15)13-11-6-9-14(8-4-2)10-7-11/h3,5,11H,4,6-10H2,1-2H3,(H,13,15). The molecule has 86 valence electrons. The molecule has 1 amide bonds. The number of allylic oxidation sites excluding steroid dienone is 1. The van der Waals surface area contributed by atoms with Crippen LogP contribution in [-0.4, -0.2) is 36.5 Å². The summed E-state index contributed by atoms with van der Waals surface area (Å²) in [6.07, 6.45) is 6.77. The molecule has 0 saturated carbocycles. The van der Waals surface area contributed by atoms with Crippen molar-refractivity contribution in [2.24, 2.45) is 0 Å². The highest BCUT2D eigenvalue weighted by molar-refractivity contribution is 5.87. The summed E-state index contributed by atoms with van der Waals surface area (Å²) in [6, 6.07) is 0.377. The number of rotatable bonds is 4. The lowest BCUT2D eigenvalue weighted by atomic mass is 10.0. The Bertz CT molecular complexity index is 218. The van der Waals surface area contributed by atoms with E-state index in [4.69, 9.17) is 0 Å². The molecule has 15 heavy (non-hydrogen) atoms. The Kier molecular flexibility index (Phi) is 5.40. The number of nitrogens with one attached hydrogen (secondary N) is 1. The van der Waals surface area contributed by atoms with E-state index in [1.54, 1.807) is 12.2 Å². The van der Waals surface area contributed by atoms with Crippen LogP contribution in [0.15, 0.2) is 12.2 Å². The second-order valence-electron chi connectivity index (χ2n) is 4.12. The molecule has 1 aliphatic heterocycles. The van der Waals surface area contributed by atoms with Crippen molar-refractivity contribution in [1.29, 1.82) is 0 Å². The van der Waals surface area contributed by atoms with Crippen molar-refractivity contribution in [3.8, 4) is 0 Å². The third-order valence-corrected chi connectivity index (χ3v) is 2.79. The number of likely N-dealkylation sites (tertiary alicyclic amines) is 1. The van der Waals surface area contributed by atoms with E-state index in [0.29, 0.717) is 6.04 Å². The molecule has 0 aromatic heterocycles. The summed E-state index contributed by atoms with van der Waals surface area (Å²) in [7, 11) is 0. The Morgan fingerprint density at radius 1 is 1.47 bits per heavy atom. The second-order valence-corrected chi connectivity index (χ2v) is 4.12. The van der Waals surface area contributed by atoms with Gasteiger partial charge in [0.2, 0.25) is 5.91 Å². The molecule has 0 aliphatic carbocycles. The summed E-state index contributed by atoms with van der Waals surface area (Å²) >= 11 is 0. The van der Waals surface area contributed by atoms with Gasteiger partial charge in [-0.25, -0.2) is 0 Å². The predicted molar refractivity (Wildman–Crippen MR) is 62.7 cm³/mol. The summed E-state index contributed by atoms with van der Waals surface area (Å²) in [5.74, 6) is 0.0476. The van der Waals surface area contributed by atoms with E-state index in [1.165, 1.54) is 13.0 Å². The molecule has 0 aromatic carbocycles. The second kappa shape index (κ2) is 6.62. The van der Waals surface area contributed by atoms with E-state index >= 15 is 0 Å². The zero-order valence-electron chi connectivity index (χ0n) is 9.83. The van der Waals surface area contributed by atoms with Crippen LogP contribution in [0, 0.1) is 0 Å². The van der Waals surface area contributed by atoms with E-state index in [-0.39, 0.29) is 5.91 Å². The molecule has 1 fully saturated rings. The first-order valence-electron chi connectivity index (χ1n) is 5.91. The van der Waals surface area contributed by atoms with Crippen LogP contribution >= 0.6 is 0 Å². The highest BCUT2D eigenvalue weighted by Gasteiger charge is 2.18. The lowest BCUT2D eigenvalue weighted by molar-refractivity contribution is -0.117. The molecule has 3 nitrogen and oxygen atoms in total. The van der Waals surface area contributed by atoms with Gasteiger partial charge in [0.15, 0.2) is 0 Å². The molecular weight excluding hydrogens is 188 g/mol. The monoisotopic (exact) mass is 210 g/mol. The van der Waals surface area contributed by atoms with Crippen LogP contribution in [0.1, 0.15) is 33.1 Å². The molecule has 1 aliphatic rings. The van der Waals surface area contributed by atoms with Gasteiger partial charge in [-0.05, 0) is 38.8 Å². The number of hydrogen-bond acceptors (Lipinski definition) is 2. The molecule has 0 atom stereocenters. The van der Waals surface area contributed by atoms with Gasteiger partial charge in [-0.15, -0.1) is 0 Å². The van der Waals surface area contributed by atoms with Gasteiger partial charge in [0.05, 0.1) is 0 Å². The van der Waals surface area contributed by atoms with Crippen LogP contribution in [0.4, 0.5) is 0 Å². The maximum absolute atomic E-state index is 11.3. The quantitative estimate of drug-likeness (QED) is 0.714. The number of carbonyl (C=O) groups is 1. The third-order valence-electron chi connectivity index (χ3n) is 2.79. The van der Waals surface area contributed by atoms with Crippen molar-refractivity contribution in [3.05, 3.63) is 12.2 Å². The molecule has 1 N–H and O–H groups in total. The van der Waals surface area contributed by atoms with E-state index in [0.717, 1.165) is 25.9 Å². The summed E-state index contributed by atoms with van der Waals surface area (Å²) < 4.78 is 0. The van der Waals surface area contributed by atoms with Crippen LogP contribution in [0.5, 0.6) is 0 Å². The Morgan fingerprint density at radius 2 is 2.13 bits per heavy atom. The molecular formula is C12H22N2O. The normalized spacial score (nSPS) is 19.6. The minimum atomic E-state index is 0.0476. The smallest absolute Gasteiger partial charge is 0.243 e. The minimum absolute atomic E-state index is 0.0476. The first-order valence-corrected chi connectivity index (χ1v) is 5.91. The Morgan fingerprint density at radius 3 is 2.67 bits per heavy atom. The van der Waals surface area contributed by atoms with Crippen molar-refractivity contribution in [2.75, 3.05) is 19.6 Å². The summed E-state index contributed by atoms with van der Waals surface area (Å²) in [5.41, 5.74) is 0. The van der Waals surface area contributed by atoms with Gasteiger partial charge < -0.3 is 10.2 Å². The Hall–Kier alpha value is -0.830. The Balaban J connectivity index is 2.22. The zero-order chi connectivity index (χ0) is 11.1. The maximum atomic E-state index is 11.3. The molecule has 3 heteroatoms. The zero-order valence-corrected chi connectivity index (χ0v) is 9.83. The average molecular weight is 210 g/mol. The van der Waals surface area contributed by atoms with E-state index in [2.05, 4.69) is 17.1 Å². The fourth-order valence-corrected chi connectivity index (χ4v) is 2.02. The van der Waals surface area contributed by atoms with Gasteiger partial charge in [-0.2, -0.15) is 0 Å². The molecule has 0 unspecified atom stereocenters. The summed E-state index contributed by atoms with van der Waals surface area (Å²) in [4.78, 5) is 13.8. The molecule has 0 aromatic rings. The van der Waals surface area contributed by atoms with Crippen molar-refractivity contribution >= 4 is 5.91 Å². The van der Waals surface area contributed by atoms with Crippen molar-refractivity contribution in [2.45, 2.75) is 39.2 Å². The highest BCUT2D eigenvalue weighted by Crippen LogP contribution is 2.10. The van der Waals surface area contributed by atoms with Crippen LogP contribution < -0.4 is 5.32 Å². The predicted octanol–water partition coefficient (Wildman–Crippen LogP) is 1.55. The Labute approximate surface area is 92.5 Å². The van der Waals surface area contributed by atoms with Crippen molar-refractivity contribution in [1.82, 2.24) is 10.2 Å².